The number of amides is 2. The standard InChI is InChI=1S/C25H39NO6.C23H35NO6/c1-25(2,3)32-24(29)26(18-10-8-6-7-9-13-22(27)30-4)19-11-12-20-14-16-21(17-15-20)23(28)31-5;1-23(2,3)30-22(29)24(16-8-6-4-5-7-11-20(25)26)17-9-10-18-12-14-19(15-13-18)21(27)28/h14-17H,6-13,18-19H2,1-5H3;12-15H,4-11,16-17H2,1-3H3,(H,25,26)(H,27,28). The summed E-state index contributed by atoms with van der Waals surface area (Å²) in [7, 11) is 2.77. The number of aromatic carboxylic acids is 1. The van der Waals surface area contributed by atoms with Crippen molar-refractivity contribution < 1.29 is 57.9 Å². The fourth-order valence-electron chi connectivity index (χ4n) is 6.24. The van der Waals surface area contributed by atoms with Gasteiger partial charge in [-0.05, 0) is 128 Å². The number of aryl methyl sites for hydroxylation is 2. The number of unbranched alkanes of at least 4 members (excludes halogenated alkanes) is 8. The lowest BCUT2D eigenvalue weighted by molar-refractivity contribution is -0.141. The number of ether oxygens (including phenoxy) is 4. The van der Waals surface area contributed by atoms with Crippen LogP contribution in [-0.4, -0.2) is 108 Å². The number of carboxylic acid groups (broad SMARTS) is 2. The molecule has 0 saturated carbocycles. The Balaban J connectivity index is 0.000000621. The average molecular weight is 871 g/mol. The van der Waals surface area contributed by atoms with E-state index in [-0.39, 0.29) is 36.1 Å². The molecule has 0 heterocycles. The molecule has 14 heteroatoms. The second-order valence-corrected chi connectivity index (χ2v) is 17.3. The Labute approximate surface area is 369 Å². The van der Waals surface area contributed by atoms with Crippen LogP contribution in [0.2, 0.25) is 0 Å². The van der Waals surface area contributed by atoms with E-state index in [0.29, 0.717) is 44.6 Å². The molecule has 2 amide bonds. The first-order valence-electron chi connectivity index (χ1n) is 22.0. The van der Waals surface area contributed by atoms with E-state index in [0.717, 1.165) is 94.6 Å². The van der Waals surface area contributed by atoms with Gasteiger partial charge in [-0.15, -0.1) is 0 Å². The van der Waals surface area contributed by atoms with Gasteiger partial charge < -0.3 is 39.0 Å². The fourth-order valence-corrected chi connectivity index (χ4v) is 6.24. The van der Waals surface area contributed by atoms with Crippen LogP contribution < -0.4 is 0 Å². The van der Waals surface area contributed by atoms with Crippen LogP contribution in [0.3, 0.4) is 0 Å². The second-order valence-electron chi connectivity index (χ2n) is 17.3. The summed E-state index contributed by atoms with van der Waals surface area (Å²) < 4.78 is 20.5. The van der Waals surface area contributed by atoms with Crippen molar-refractivity contribution in [1.82, 2.24) is 9.80 Å². The zero-order valence-electron chi connectivity index (χ0n) is 38.6. The molecular formula is C48H74N2O12. The topological polar surface area (TPSA) is 186 Å². The van der Waals surface area contributed by atoms with E-state index in [1.807, 2.05) is 53.7 Å². The zero-order chi connectivity index (χ0) is 46.6. The molecule has 0 unspecified atom stereocenters. The Hall–Kier alpha value is -5.14. The molecule has 0 saturated heterocycles. The molecule has 2 aromatic carbocycles. The van der Waals surface area contributed by atoms with Crippen LogP contribution >= 0.6 is 0 Å². The number of methoxy groups -OCH3 is 2. The predicted octanol–water partition coefficient (Wildman–Crippen LogP) is 10.1. The summed E-state index contributed by atoms with van der Waals surface area (Å²) in [6, 6.07) is 14.1. The normalized spacial score (nSPS) is 11.1. The molecule has 0 spiro atoms. The van der Waals surface area contributed by atoms with E-state index >= 15 is 0 Å². The summed E-state index contributed by atoms with van der Waals surface area (Å²) in [6.45, 7) is 13.6. The lowest BCUT2D eigenvalue weighted by atomic mass is 10.1. The van der Waals surface area contributed by atoms with E-state index < -0.39 is 23.1 Å². The monoisotopic (exact) mass is 871 g/mol. The summed E-state index contributed by atoms with van der Waals surface area (Å²) in [6.07, 6.45) is 12.2. The molecule has 0 fully saturated rings. The van der Waals surface area contributed by atoms with Crippen LogP contribution in [0, 0.1) is 0 Å². The Morgan fingerprint density at radius 2 is 0.855 bits per heavy atom. The number of hydrogen-bond acceptors (Lipinski definition) is 10. The van der Waals surface area contributed by atoms with E-state index in [1.54, 1.807) is 46.2 Å². The van der Waals surface area contributed by atoms with Crippen molar-refractivity contribution in [3.05, 3.63) is 70.8 Å². The van der Waals surface area contributed by atoms with Crippen LogP contribution in [0.15, 0.2) is 48.5 Å². The van der Waals surface area contributed by atoms with E-state index in [2.05, 4.69) is 4.74 Å². The number of aliphatic carboxylic acids is 1. The minimum Gasteiger partial charge on any atom is -0.481 e. The molecular weight excluding hydrogens is 797 g/mol. The highest BCUT2D eigenvalue weighted by molar-refractivity contribution is 5.89. The minimum atomic E-state index is -0.944. The second kappa shape index (κ2) is 30.0. The van der Waals surface area contributed by atoms with Gasteiger partial charge in [0.05, 0.1) is 25.3 Å². The van der Waals surface area contributed by atoms with E-state index in [9.17, 15) is 28.8 Å². The van der Waals surface area contributed by atoms with Crippen molar-refractivity contribution in [3.63, 3.8) is 0 Å². The minimum absolute atomic E-state index is 0.166. The first-order chi connectivity index (χ1) is 29.2. The third-order valence-electron chi connectivity index (χ3n) is 9.52. The van der Waals surface area contributed by atoms with Gasteiger partial charge in [-0.1, -0.05) is 62.8 Å². The highest BCUT2D eigenvalue weighted by Gasteiger charge is 2.23. The number of rotatable bonds is 26. The maximum atomic E-state index is 12.6. The number of nitrogens with zero attached hydrogens (tertiary/aromatic N) is 2. The van der Waals surface area contributed by atoms with Crippen LogP contribution in [0.25, 0.3) is 0 Å². The molecule has 0 aliphatic carbocycles. The highest BCUT2D eigenvalue weighted by Crippen LogP contribution is 2.16. The van der Waals surface area contributed by atoms with Gasteiger partial charge in [0.2, 0.25) is 0 Å². The predicted molar refractivity (Wildman–Crippen MR) is 238 cm³/mol. The Morgan fingerprint density at radius 1 is 0.484 bits per heavy atom. The van der Waals surface area contributed by atoms with Crippen LogP contribution in [-0.2, 0) is 41.4 Å². The molecule has 2 N–H and O–H groups in total. The highest BCUT2D eigenvalue weighted by atomic mass is 16.6. The lowest BCUT2D eigenvalue weighted by Gasteiger charge is -2.27. The smallest absolute Gasteiger partial charge is 0.410 e. The molecule has 0 aromatic heterocycles. The van der Waals surface area contributed by atoms with Gasteiger partial charge in [-0.25, -0.2) is 19.2 Å². The molecule has 0 aliphatic rings. The first kappa shape index (κ1) is 54.9. The lowest BCUT2D eigenvalue weighted by Crippen LogP contribution is -2.38. The third kappa shape index (κ3) is 26.9. The van der Waals surface area contributed by atoms with Crippen molar-refractivity contribution in [3.8, 4) is 0 Å². The zero-order valence-corrected chi connectivity index (χ0v) is 38.6. The van der Waals surface area contributed by atoms with Gasteiger partial charge in [0, 0.05) is 39.0 Å². The Morgan fingerprint density at radius 3 is 1.23 bits per heavy atom. The molecule has 2 aromatic rings. The van der Waals surface area contributed by atoms with Crippen molar-refractivity contribution in [2.45, 2.75) is 155 Å². The molecule has 0 bridgehead atoms. The number of esters is 2. The van der Waals surface area contributed by atoms with Gasteiger partial charge in [0.1, 0.15) is 11.2 Å². The first-order valence-corrected chi connectivity index (χ1v) is 22.0. The summed E-state index contributed by atoms with van der Waals surface area (Å²) in [4.78, 5) is 72.8. The third-order valence-corrected chi connectivity index (χ3v) is 9.52. The number of benzene rings is 2. The van der Waals surface area contributed by atoms with Crippen LogP contribution in [0.4, 0.5) is 9.59 Å². The number of hydrogen-bond donors (Lipinski definition) is 2. The molecule has 0 radical (unpaired) electrons. The molecule has 348 valence electrons. The average Bonchev–Trinajstić information content (AvgIpc) is 3.20. The maximum Gasteiger partial charge on any atom is 0.410 e. The summed E-state index contributed by atoms with van der Waals surface area (Å²) >= 11 is 0. The maximum absolute atomic E-state index is 12.6. The van der Waals surface area contributed by atoms with Crippen molar-refractivity contribution in [2.75, 3.05) is 40.4 Å². The Kier molecular flexibility index (Phi) is 26.6. The molecule has 62 heavy (non-hydrogen) atoms. The molecule has 2 rings (SSSR count). The van der Waals surface area contributed by atoms with Gasteiger partial charge in [-0.3, -0.25) is 9.59 Å². The van der Waals surface area contributed by atoms with Gasteiger partial charge in [-0.2, -0.15) is 0 Å². The van der Waals surface area contributed by atoms with Gasteiger partial charge in [0.15, 0.2) is 0 Å². The van der Waals surface area contributed by atoms with E-state index in [1.165, 1.54) is 14.2 Å². The number of carbonyl (C=O) groups excluding carboxylic acids is 4. The summed E-state index contributed by atoms with van der Waals surface area (Å²) in [5, 5.41) is 17.6. The molecule has 14 nitrogen and oxygen atoms in total. The van der Waals surface area contributed by atoms with Crippen molar-refractivity contribution >= 4 is 36.1 Å². The SMILES string of the molecule is CC(C)(C)OC(=O)N(CCCCCCCC(=O)O)CCCc1ccc(C(=O)O)cc1.COC(=O)CCCCCCCN(CCCc1ccc(C(=O)OC)cc1)C(=O)OC(C)(C)C. The fraction of sp³-hybridized carbons (Fsp3) is 0.625. The van der Waals surface area contributed by atoms with Crippen molar-refractivity contribution in [1.29, 1.82) is 0 Å². The van der Waals surface area contributed by atoms with Crippen molar-refractivity contribution in [2.24, 2.45) is 0 Å². The molecule has 0 aliphatic heterocycles. The largest absolute Gasteiger partial charge is 0.481 e. The molecule has 0 atom stereocenters. The van der Waals surface area contributed by atoms with Gasteiger partial charge in [0.25, 0.3) is 0 Å². The van der Waals surface area contributed by atoms with Crippen LogP contribution in [0.1, 0.15) is 163 Å². The van der Waals surface area contributed by atoms with Gasteiger partial charge >= 0.3 is 36.1 Å². The Bertz CT molecular complexity index is 1630. The van der Waals surface area contributed by atoms with E-state index in [4.69, 9.17) is 24.4 Å². The number of carbonyl (C=O) groups is 6. The van der Waals surface area contributed by atoms with Crippen LogP contribution in [0.5, 0.6) is 0 Å². The quantitative estimate of drug-likeness (QED) is 0.0518. The number of carboxylic acids is 2. The summed E-state index contributed by atoms with van der Waals surface area (Å²) in [5.41, 5.74) is 1.83. The summed E-state index contributed by atoms with van der Waals surface area (Å²) in [5.74, 6) is -2.22.